The Morgan fingerprint density at radius 3 is 2.71 bits per heavy atom. The highest BCUT2D eigenvalue weighted by molar-refractivity contribution is 5.91. The molecule has 0 aliphatic rings. The number of amides is 1. The van der Waals surface area contributed by atoms with Gasteiger partial charge in [-0.25, -0.2) is 4.79 Å². The van der Waals surface area contributed by atoms with Gasteiger partial charge in [-0.05, 0) is 19.1 Å². The number of benzene rings is 1. The molecule has 0 radical (unpaired) electrons. The van der Waals surface area contributed by atoms with Crippen molar-refractivity contribution in [1.82, 2.24) is 4.57 Å². The van der Waals surface area contributed by atoms with Crippen molar-refractivity contribution < 1.29 is 14.5 Å². The van der Waals surface area contributed by atoms with Crippen molar-refractivity contribution in [2.75, 3.05) is 6.61 Å². The Bertz CT molecular complexity index is 781. The van der Waals surface area contributed by atoms with E-state index in [1.165, 1.54) is 22.9 Å². The number of nitrogens with two attached hydrogens (primary N) is 1. The Morgan fingerprint density at radius 2 is 2.10 bits per heavy atom. The quantitative estimate of drug-likeness (QED) is 0.673. The molecular weight excluding hydrogens is 278 g/mol. The normalized spacial score (nSPS) is 10.5. The summed E-state index contributed by atoms with van der Waals surface area (Å²) in [6, 6.07) is 4.59. The summed E-state index contributed by atoms with van der Waals surface area (Å²) in [7, 11) is 0. The number of carbonyl (C=O) groups is 1. The summed E-state index contributed by atoms with van der Waals surface area (Å²) in [5, 5.41) is 11.6. The van der Waals surface area contributed by atoms with E-state index < -0.39 is 11.0 Å². The molecule has 0 unspecified atom stereocenters. The van der Waals surface area contributed by atoms with Crippen molar-refractivity contribution in [2.24, 2.45) is 5.73 Å². The van der Waals surface area contributed by atoms with Crippen molar-refractivity contribution in [3.05, 3.63) is 50.4 Å². The minimum absolute atomic E-state index is 0.0469. The summed E-state index contributed by atoms with van der Waals surface area (Å²) in [6.07, 6.45) is 0.511. The zero-order valence-electron chi connectivity index (χ0n) is 11.2. The van der Waals surface area contributed by atoms with Gasteiger partial charge in [0.1, 0.15) is 6.61 Å². The van der Waals surface area contributed by atoms with Gasteiger partial charge in [0.05, 0.1) is 22.2 Å². The van der Waals surface area contributed by atoms with E-state index in [0.717, 1.165) is 0 Å². The summed E-state index contributed by atoms with van der Waals surface area (Å²) in [4.78, 5) is 33.3. The molecule has 0 fully saturated rings. The molecule has 0 aliphatic carbocycles. The Balaban J connectivity index is 2.49. The van der Waals surface area contributed by atoms with Crippen LogP contribution >= 0.6 is 0 Å². The molecule has 0 saturated carbocycles. The van der Waals surface area contributed by atoms with Crippen LogP contribution < -0.4 is 11.3 Å². The van der Waals surface area contributed by atoms with Gasteiger partial charge in [-0.1, -0.05) is 6.07 Å². The molecule has 1 heterocycles. The number of aromatic nitrogens is 1. The van der Waals surface area contributed by atoms with E-state index in [0.29, 0.717) is 5.56 Å². The molecule has 21 heavy (non-hydrogen) atoms. The number of hydrogen-bond acceptors (Lipinski definition) is 5. The topological polar surface area (TPSA) is 117 Å². The van der Waals surface area contributed by atoms with Gasteiger partial charge in [0.25, 0.3) is 11.2 Å². The zero-order valence-corrected chi connectivity index (χ0v) is 11.2. The molecular formula is C13H13N3O5. The second-order valence-corrected chi connectivity index (χ2v) is 4.43. The molecule has 1 amide bonds. The van der Waals surface area contributed by atoms with Gasteiger partial charge in [0.2, 0.25) is 0 Å². The average molecular weight is 291 g/mol. The molecule has 8 heteroatoms. The van der Waals surface area contributed by atoms with E-state index in [1.54, 1.807) is 13.0 Å². The second-order valence-electron chi connectivity index (χ2n) is 4.43. The van der Waals surface area contributed by atoms with Gasteiger partial charge in [0.15, 0.2) is 0 Å². The molecule has 0 aliphatic heterocycles. The van der Waals surface area contributed by atoms with Crippen LogP contribution in [0, 0.1) is 17.0 Å². The van der Waals surface area contributed by atoms with Crippen molar-refractivity contribution in [1.29, 1.82) is 0 Å². The van der Waals surface area contributed by atoms with E-state index in [2.05, 4.69) is 4.74 Å². The highest BCUT2D eigenvalue weighted by atomic mass is 16.6. The Labute approximate surface area is 118 Å². The van der Waals surface area contributed by atoms with Crippen molar-refractivity contribution in [3.63, 3.8) is 0 Å². The number of ether oxygens (including phenoxy) is 1. The number of nitro groups is 1. The number of pyridine rings is 1. The minimum atomic E-state index is -0.921. The maximum absolute atomic E-state index is 12.3. The van der Waals surface area contributed by atoms with Crippen LogP contribution in [0.3, 0.4) is 0 Å². The Hall–Kier alpha value is -2.90. The lowest BCUT2D eigenvalue weighted by atomic mass is 10.1. The molecule has 0 atom stereocenters. The highest BCUT2D eigenvalue weighted by Gasteiger charge is 2.17. The number of carbonyl (C=O) groups excluding carboxylic acids is 1. The van der Waals surface area contributed by atoms with E-state index in [-0.39, 0.29) is 35.2 Å². The van der Waals surface area contributed by atoms with Gasteiger partial charge in [-0.15, -0.1) is 0 Å². The number of rotatable bonds is 4. The summed E-state index contributed by atoms with van der Waals surface area (Å²) >= 11 is 0. The van der Waals surface area contributed by atoms with E-state index in [4.69, 9.17) is 5.73 Å². The number of primary amides is 1. The minimum Gasteiger partial charge on any atom is -0.448 e. The Kier molecular flexibility index (Phi) is 3.88. The first-order valence-corrected chi connectivity index (χ1v) is 6.11. The monoisotopic (exact) mass is 291 g/mol. The van der Waals surface area contributed by atoms with Crippen molar-refractivity contribution >= 4 is 22.6 Å². The SMILES string of the molecule is Cc1ccc2c(=O)n(CCOC(N)=O)ccc2c1[N+](=O)[O-]. The molecule has 0 saturated heterocycles. The second kappa shape index (κ2) is 5.61. The lowest BCUT2D eigenvalue weighted by Crippen LogP contribution is -2.24. The molecule has 110 valence electrons. The van der Waals surface area contributed by atoms with Crippen LogP contribution in [0.15, 0.2) is 29.2 Å². The van der Waals surface area contributed by atoms with Crippen LogP contribution in [0.2, 0.25) is 0 Å². The molecule has 8 nitrogen and oxygen atoms in total. The molecule has 2 rings (SSSR count). The van der Waals surface area contributed by atoms with Crippen LogP contribution in [0.4, 0.5) is 10.5 Å². The lowest BCUT2D eigenvalue weighted by Gasteiger charge is -2.08. The molecule has 1 aromatic heterocycles. The maximum Gasteiger partial charge on any atom is 0.404 e. The summed E-state index contributed by atoms with van der Waals surface area (Å²) in [6.45, 7) is 1.69. The van der Waals surface area contributed by atoms with Crippen molar-refractivity contribution in [3.8, 4) is 0 Å². The Morgan fingerprint density at radius 1 is 1.38 bits per heavy atom. The standard InChI is InChI=1S/C13H13N3O5/c1-8-2-3-10-9(11(8)16(19)20)4-5-15(12(10)17)6-7-21-13(14)18/h2-5H,6-7H2,1H3,(H2,14,18). The molecule has 2 N–H and O–H groups in total. The first-order chi connectivity index (χ1) is 9.91. The average Bonchev–Trinajstić information content (AvgIpc) is 2.40. The van der Waals surface area contributed by atoms with Gasteiger partial charge < -0.3 is 15.0 Å². The van der Waals surface area contributed by atoms with Crippen LogP contribution in [-0.4, -0.2) is 22.2 Å². The summed E-state index contributed by atoms with van der Waals surface area (Å²) < 4.78 is 5.87. The van der Waals surface area contributed by atoms with E-state index in [1.807, 2.05) is 0 Å². The van der Waals surface area contributed by atoms with Gasteiger partial charge in [-0.2, -0.15) is 0 Å². The highest BCUT2D eigenvalue weighted by Crippen LogP contribution is 2.26. The predicted octanol–water partition coefficient (Wildman–Crippen LogP) is 1.31. The third-order valence-electron chi connectivity index (χ3n) is 3.09. The van der Waals surface area contributed by atoms with Crippen LogP contribution in [0.5, 0.6) is 0 Å². The van der Waals surface area contributed by atoms with Gasteiger partial charge >= 0.3 is 6.09 Å². The lowest BCUT2D eigenvalue weighted by molar-refractivity contribution is -0.383. The maximum atomic E-state index is 12.3. The summed E-state index contributed by atoms with van der Waals surface area (Å²) in [5.74, 6) is 0. The first-order valence-electron chi connectivity index (χ1n) is 6.11. The number of fused-ring (bicyclic) bond motifs is 1. The van der Waals surface area contributed by atoms with Gasteiger partial charge in [0, 0.05) is 11.8 Å². The molecule has 2 aromatic rings. The number of nitrogens with zero attached hydrogens (tertiary/aromatic N) is 2. The van der Waals surface area contributed by atoms with E-state index in [9.17, 15) is 19.7 Å². The summed E-state index contributed by atoms with van der Waals surface area (Å²) in [5.41, 5.74) is 4.86. The third-order valence-corrected chi connectivity index (χ3v) is 3.09. The number of hydrogen-bond donors (Lipinski definition) is 1. The number of nitro benzene ring substituents is 1. The molecule has 0 bridgehead atoms. The predicted molar refractivity (Wildman–Crippen MR) is 75.1 cm³/mol. The smallest absolute Gasteiger partial charge is 0.404 e. The van der Waals surface area contributed by atoms with E-state index >= 15 is 0 Å². The fourth-order valence-corrected chi connectivity index (χ4v) is 2.12. The van der Waals surface area contributed by atoms with Crippen molar-refractivity contribution in [2.45, 2.75) is 13.5 Å². The largest absolute Gasteiger partial charge is 0.448 e. The molecule has 0 spiro atoms. The fraction of sp³-hybridized carbons (Fsp3) is 0.231. The first kappa shape index (κ1) is 14.5. The molecule has 1 aromatic carbocycles. The van der Waals surface area contributed by atoms with Crippen LogP contribution in [0.25, 0.3) is 10.8 Å². The fourth-order valence-electron chi connectivity index (χ4n) is 2.12. The zero-order chi connectivity index (χ0) is 15.6. The van der Waals surface area contributed by atoms with Gasteiger partial charge in [-0.3, -0.25) is 14.9 Å². The third kappa shape index (κ3) is 2.83. The number of aryl methyl sites for hydroxylation is 1. The van der Waals surface area contributed by atoms with Crippen LogP contribution in [-0.2, 0) is 11.3 Å². The van der Waals surface area contributed by atoms with Crippen LogP contribution in [0.1, 0.15) is 5.56 Å².